The van der Waals surface area contributed by atoms with Gasteiger partial charge in [0.15, 0.2) is 0 Å². The fourth-order valence-corrected chi connectivity index (χ4v) is 6.62. The molecule has 0 atom stereocenters. The molecule has 0 heterocycles. The van der Waals surface area contributed by atoms with E-state index in [4.69, 9.17) is 0 Å². The van der Waals surface area contributed by atoms with Crippen molar-refractivity contribution in [2.75, 3.05) is 0 Å². The third-order valence-electron chi connectivity index (χ3n) is 9.12. The predicted molar refractivity (Wildman–Crippen MR) is 209 cm³/mol. The summed E-state index contributed by atoms with van der Waals surface area (Å²) in [6.45, 7) is 0. The molecule has 8 aromatic carbocycles. The molecule has 0 saturated heterocycles. The number of rotatable bonds is 7. The van der Waals surface area contributed by atoms with E-state index in [1.54, 1.807) is 0 Å². The maximum absolute atomic E-state index is 2.27. The summed E-state index contributed by atoms with van der Waals surface area (Å²) in [7, 11) is 0. The average Bonchev–Trinajstić information content (AvgIpc) is 3.17. The summed E-state index contributed by atoms with van der Waals surface area (Å²) in [5.41, 5.74) is 12.1. The Morgan fingerprint density at radius 3 is 1.02 bits per heavy atom. The highest BCUT2D eigenvalue weighted by molar-refractivity contribution is 6.11. The molecule has 8 rings (SSSR count). The van der Waals surface area contributed by atoms with Crippen molar-refractivity contribution in [3.63, 3.8) is 0 Å². The highest BCUT2D eigenvalue weighted by Gasteiger charge is 2.15. The lowest BCUT2D eigenvalue weighted by molar-refractivity contribution is 1.60. The molecule has 0 aliphatic carbocycles. The summed E-state index contributed by atoms with van der Waals surface area (Å²) < 4.78 is 0. The Kier molecular flexibility index (Phi) is 8.05. The molecule has 0 aliphatic heterocycles. The van der Waals surface area contributed by atoms with Crippen LogP contribution in [-0.4, -0.2) is 0 Å². The van der Waals surface area contributed by atoms with Gasteiger partial charge in [-0.25, -0.2) is 0 Å². The standard InChI is InChI=1S/C48H34/c1-3-11-37(12-4-1)39-25-19-35(20-26-39)23-29-43-33-31-41-15-7-9-17-45(41)47(43)48-44(34-32-42-16-8-10-18-46(42)48)30-24-36-21-27-40(28-22-36)38-13-5-2-6-14-38/h1-34H/b29-23+,30-24+. The molecule has 0 bridgehead atoms. The van der Waals surface area contributed by atoms with E-state index < -0.39 is 0 Å². The molecule has 0 N–H and O–H groups in total. The van der Waals surface area contributed by atoms with Gasteiger partial charge in [-0.05, 0) is 77.2 Å². The molecule has 0 unspecified atom stereocenters. The third kappa shape index (κ3) is 6.00. The highest BCUT2D eigenvalue weighted by Crippen LogP contribution is 2.40. The van der Waals surface area contributed by atoms with Gasteiger partial charge >= 0.3 is 0 Å². The van der Waals surface area contributed by atoms with Crippen molar-refractivity contribution in [2.24, 2.45) is 0 Å². The van der Waals surface area contributed by atoms with Crippen molar-refractivity contribution < 1.29 is 0 Å². The highest BCUT2D eigenvalue weighted by atomic mass is 14.2. The third-order valence-corrected chi connectivity index (χ3v) is 9.12. The summed E-state index contributed by atoms with van der Waals surface area (Å²) in [5.74, 6) is 0. The molecule has 0 saturated carbocycles. The summed E-state index contributed by atoms with van der Waals surface area (Å²) in [5, 5.41) is 4.96. The van der Waals surface area contributed by atoms with E-state index in [2.05, 4.69) is 206 Å². The Labute approximate surface area is 282 Å². The first kappa shape index (κ1) is 29.2. The van der Waals surface area contributed by atoms with Gasteiger partial charge in [0.2, 0.25) is 0 Å². The lowest BCUT2D eigenvalue weighted by atomic mass is 9.86. The summed E-state index contributed by atoms with van der Waals surface area (Å²) in [4.78, 5) is 0. The van der Waals surface area contributed by atoms with Gasteiger partial charge in [0, 0.05) is 0 Å². The average molecular weight is 611 g/mol. The van der Waals surface area contributed by atoms with Gasteiger partial charge in [0.1, 0.15) is 0 Å². The summed E-state index contributed by atoms with van der Waals surface area (Å²) >= 11 is 0. The minimum Gasteiger partial charge on any atom is -0.0622 e. The topological polar surface area (TPSA) is 0 Å². The lowest BCUT2D eigenvalue weighted by Gasteiger charge is -2.17. The maximum Gasteiger partial charge on any atom is -0.00206 e. The van der Waals surface area contributed by atoms with Crippen LogP contribution in [0.15, 0.2) is 182 Å². The molecule has 48 heavy (non-hydrogen) atoms. The van der Waals surface area contributed by atoms with Gasteiger partial charge in [0.05, 0.1) is 0 Å². The Hall–Kier alpha value is -6.24. The number of hydrogen-bond donors (Lipinski definition) is 0. The van der Waals surface area contributed by atoms with E-state index in [1.165, 1.54) is 77.2 Å². The van der Waals surface area contributed by atoms with Crippen LogP contribution in [0.3, 0.4) is 0 Å². The van der Waals surface area contributed by atoms with Crippen LogP contribution in [0.4, 0.5) is 0 Å². The van der Waals surface area contributed by atoms with Gasteiger partial charge in [-0.1, -0.05) is 206 Å². The molecule has 0 nitrogen and oxygen atoms in total. The van der Waals surface area contributed by atoms with Crippen LogP contribution in [0, 0.1) is 0 Å². The Bertz CT molecular complexity index is 2220. The molecule has 0 amide bonds. The predicted octanol–water partition coefficient (Wildman–Crippen LogP) is 13.3. The smallest absolute Gasteiger partial charge is 0.00206 e. The Morgan fingerprint density at radius 1 is 0.250 bits per heavy atom. The van der Waals surface area contributed by atoms with Gasteiger partial charge in [-0.2, -0.15) is 0 Å². The SMILES string of the molecule is C(=C\c1ccc2ccccc2c1-c1c(/C=C/c2ccc(-c3ccccc3)cc2)ccc2ccccc12)/c1ccc(-c2ccccc2)cc1. The fourth-order valence-electron chi connectivity index (χ4n) is 6.62. The molecule has 0 heteroatoms. The minimum absolute atomic E-state index is 1.17. The fraction of sp³-hybridized carbons (Fsp3) is 0. The van der Waals surface area contributed by atoms with Gasteiger partial charge in [-0.15, -0.1) is 0 Å². The van der Waals surface area contributed by atoms with Gasteiger partial charge in [0.25, 0.3) is 0 Å². The molecule has 0 spiro atoms. The van der Waals surface area contributed by atoms with Crippen LogP contribution >= 0.6 is 0 Å². The molecular formula is C48H34. The molecule has 0 fully saturated rings. The molecule has 0 aromatic heterocycles. The van der Waals surface area contributed by atoms with Crippen molar-refractivity contribution in [3.05, 3.63) is 204 Å². The van der Waals surface area contributed by atoms with Crippen LogP contribution in [0.1, 0.15) is 22.3 Å². The first-order valence-corrected chi connectivity index (χ1v) is 16.5. The summed E-state index contributed by atoms with van der Waals surface area (Å²) in [6, 6.07) is 65.2. The van der Waals surface area contributed by atoms with E-state index in [-0.39, 0.29) is 0 Å². The maximum atomic E-state index is 2.27. The number of hydrogen-bond acceptors (Lipinski definition) is 0. The normalized spacial score (nSPS) is 11.6. The Balaban J connectivity index is 1.23. The first-order valence-electron chi connectivity index (χ1n) is 16.5. The number of fused-ring (bicyclic) bond motifs is 2. The second-order valence-electron chi connectivity index (χ2n) is 12.1. The van der Waals surface area contributed by atoms with E-state index in [0.29, 0.717) is 0 Å². The van der Waals surface area contributed by atoms with Crippen LogP contribution in [0.5, 0.6) is 0 Å². The minimum atomic E-state index is 1.17. The van der Waals surface area contributed by atoms with Crippen LogP contribution in [0.25, 0.3) is 79.2 Å². The van der Waals surface area contributed by atoms with Gasteiger partial charge in [-0.3, -0.25) is 0 Å². The van der Waals surface area contributed by atoms with E-state index in [0.717, 1.165) is 0 Å². The molecule has 226 valence electrons. The van der Waals surface area contributed by atoms with Crippen molar-refractivity contribution >= 4 is 45.8 Å². The zero-order valence-electron chi connectivity index (χ0n) is 26.6. The first-order chi connectivity index (χ1) is 23.8. The lowest BCUT2D eigenvalue weighted by Crippen LogP contribution is -1.92. The van der Waals surface area contributed by atoms with Crippen LogP contribution in [0.2, 0.25) is 0 Å². The van der Waals surface area contributed by atoms with E-state index in [9.17, 15) is 0 Å². The monoisotopic (exact) mass is 610 g/mol. The second-order valence-corrected chi connectivity index (χ2v) is 12.1. The second kappa shape index (κ2) is 13.2. The van der Waals surface area contributed by atoms with E-state index in [1.807, 2.05) is 0 Å². The molecule has 0 radical (unpaired) electrons. The summed E-state index contributed by atoms with van der Waals surface area (Å²) in [6.07, 6.45) is 9.02. The van der Waals surface area contributed by atoms with Crippen LogP contribution in [-0.2, 0) is 0 Å². The van der Waals surface area contributed by atoms with Crippen molar-refractivity contribution in [2.45, 2.75) is 0 Å². The quantitative estimate of drug-likeness (QED) is 0.158. The van der Waals surface area contributed by atoms with Crippen molar-refractivity contribution in [3.8, 4) is 33.4 Å². The number of benzene rings is 8. The van der Waals surface area contributed by atoms with Crippen molar-refractivity contribution in [1.29, 1.82) is 0 Å². The van der Waals surface area contributed by atoms with Gasteiger partial charge < -0.3 is 0 Å². The van der Waals surface area contributed by atoms with Crippen LogP contribution < -0.4 is 0 Å². The molecule has 8 aromatic rings. The zero-order valence-corrected chi connectivity index (χ0v) is 26.6. The van der Waals surface area contributed by atoms with E-state index >= 15 is 0 Å². The Morgan fingerprint density at radius 2 is 0.604 bits per heavy atom. The molecule has 0 aliphatic rings. The van der Waals surface area contributed by atoms with Crippen molar-refractivity contribution in [1.82, 2.24) is 0 Å². The largest absolute Gasteiger partial charge is 0.0622 e. The molecular weight excluding hydrogens is 577 g/mol. The zero-order chi connectivity index (χ0) is 32.1.